The Morgan fingerprint density at radius 2 is 2.06 bits per heavy atom. The number of nitrogens with zero attached hydrogens (tertiary/aromatic N) is 1. The topological polar surface area (TPSA) is 55.6 Å². The zero-order valence-corrected chi connectivity index (χ0v) is 10.4. The van der Waals surface area contributed by atoms with Crippen molar-refractivity contribution in [2.75, 3.05) is 6.54 Å². The Balaban J connectivity index is 2.02. The standard InChI is InChI=1S/C12H22N2O2/c1-12(2,3)16-11(15)14-7-9(13)8-5-4-6-10(8)14/h8-10H,4-7,13H2,1-3H3. The van der Waals surface area contributed by atoms with E-state index in [9.17, 15) is 4.79 Å². The molecular formula is C12H22N2O2. The summed E-state index contributed by atoms with van der Waals surface area (Å²) in [6, 6.07) is 0.463. The van der Waals surface area contributed by atoms with Gasteiger partial charge in [-0.2, -0.15) is 0 Å². The Labute approximate surface area is 97.1 Å². The molecule has 3 atom stereocenters. The number of hydrogen-bond donors (Lipinski definition) is 1. The zero-order chi connectivity index (χ0) is 11.9. The van der Waals surface area contributed by atoms with Crippen molar-refractivity contribution >= 4 is 6.09 Å². The molecule has 2 N–H and O–H groups in total. The first-order valence-electron chi connectivity index (χ1n) is 6.14. The molecule has 3 unspecified atom stereocenters. The molecule has 0 spiro atoms. The summed E-state index contributed by atoms with van der Waals surface area (Å²) < 4.78 is 5.41. The average molecular weight is 226 g/mol. The molecule has 1 aliphatic heterocycles. The maximum atomic E-state index is 12.0. The molecule has 0 radical (unpaired) electrons. The molecule has 2 fully saturated rings. The maximum absolute atomic E-state index is 12.0. The molecule has 92 valence electrons. The summed E-state index contributed by atoms with van der Waals surface area (Å²) in [5, 5.41) is 0. The van der Waals surface area contributed by atoms with Gasteiger partial charge < -0.3 is 15.4 Å². The normalized spacial score (nSPS) is 34.0. The molecular weight excluding hydrogens is 204 g/mol. The van der Waals surface area contributed by atoms with Crippen LogP contribution in [0.3, 0.4) is 0 Å². The van der Waals surface area contributed by atoms with E-state index in [0.29, 0.717) is 18.5 Å². The van der Waals surface area contributed by atoms with E-state index in [-0.39, 0.29) is 12.1 Å². The van der Waals surface area contributed by atoms with Crippen LogP contribution in [0.15, 0.2) is 0 Å². The van der Waals surface area contributed by atoms with Crippen LogP contribution in [-0.2, 0) is 4.74 Å². The SMILES string of the molecule is CC(C)(C)OC(=O)N1CC(N)C2CCCC21. The van der Waals surface area contributed by atoms with Crippen molar-refractivity contribution in [3.05, 3.63) is 0 Å². The molecule has 0 aromatic rings. The fourth-order valence-corrected chi connectivity index (χ4v) is 2.88. The van der Waals surface area contributed by atoms with Crippen LogP contribution in [-0.4, -0.2) is 35.2 Å². The van der Waals surface area contributed by atoms with Gasteiger partial charge in [0.15, 0.2) is 0 Å². The van der Waals surface area contributed by atoms with Gasteiger partial charge in [0, 0.05) is 18.6 Å². The van der Waals surface area contributed by atoms with Gasteiger partial charge in [0.25, 0.3) is 0 Å². The minimum atomic E-state index is -0.419. The number of fused-ring (bicyclic) bond motifs is 1. The van der Waals surface area contributed by atoms with Gasteiger partial charge in [-0.05, 0) is 39.5 Å². The molecule has 1 heterocycles. The van der Waals surface area contributed by atoms with Gasteiger partial charge >= 0.3 is 6.09 Å². The molecule has 16 heavy (non-hydrogen) atoms. The number of carbonyl (C=O) groups is 1. The number of carbonyl (C=O) groups excluding carboxylic acids is 1. The first-order valence-corrected chi connectivity index (χ1v) is 6.14. The molecule has 0 aromatic carbocycles. The highest BCUT2D eigenvalue weighted by molar-refractivity contribution is 5.69. The molecule has 1 saturated carbocycles. The maximum Gasteiger partial charge on any atom is 0.410 e. The zero-order valence-electron chi connectivity index (χ0n) is 10.4. The van der Waals surface area contributed by atoms with E-state index in [0.717, 1.165) is 12.8 Å². The smallest absolute Gasteiger partial charge is 0.410 e. The molecule has 4 nitrogen and oxygen atoms in total. The molecule has 4 heteroatoms. The lowest BCUT2D eigenvalue weighted by Gasteiger charge is -2.28. The number of ether oxygens (including phenoxy) is 1. The summed E-state index contributed by atoms with van der Waals surface area (Å²) in [5.74, 6) is 0.493. The molecule has 2 rings (SSSR count). The van der Waals surface area contributed by atoms with Crippen LogP contribution in [0.25, 0.3) is 0 Å². The first-order chi connectivity index (χ1) is 7.38. The van der Waals surface area contributed by atoms with Crippen molar-refractivity contribution in [2.45, 2.75) is 57.7 Å². The van der Waals surface area contributed by atoms with E-state index >= 15 is 0 Å². The second kappa shape index (κ2) is 3.91. The van der Waals surface area contributed by atoms with Crippen LogP contribution in [0.5, 0.6) is 0 Å². The highest BCUT2D eigenvalue weighted by Crippen LogP contribution is 2.37. The monoisotopic (exact) mass is 226 g/mol. The van der Waals surface area contributed by atoms with Crippen LogP contribution in [0, 0.1) is 5.92 Å². The third-order valence-corrected chi connectivity index (χ3v) is 3.52. The van der Waals surface area contributed by atoms with Crippen LogP contribution in [0.2, 0.25) is 0 Å². The number of likely N-dealkylation sites (tertiary alicyclic amines) is 1. The van der Waals surface area contributed by atoms with E-state index in [1.54, 1.807) is 0 Å². The molecule has 0 bridgehead atoms. The van der Waals surface area contributed by atoms with Gasteiger partial charge in [-0.1, -0.05) is 6.42 Å². The Bertz CT molecular complexity index is 285. The Morgan fingerprint density at radius 1 is 1.38 bits per heavy atom. The quantitative estimate of drug-likeness (QED) is 0.684. The summed E-state index contributed by atoms with van der Waals surface area (Å²) in [7, 11) is 0. The summed E-state index contributed by atoms with van der Waals surface area (Å²) in [5.41, 5.74) is 5.64. The van der Waals surface area contributed by atoms with E-state index in [4.69, 9.17) is 10.5 Å². The first kappa shape index (κ1) is 11.7. The molecule has 1 saturated heterocycles. The van der Waals surface area contributed by atoms with Gasteiger partial charge in [0.1, 0.15) is 5.60 Å². The van der Waals surface area contributed by atoms with Crippen molar-refractivity contribution in [3.8, 4) is 0 Å². The lowest BCUT2D eigenvalue weighted by atomic mass is 10.0. The number of nitrogens with two attached hydrogens (primary N) is 1. The Hall–Kier alpha value is -0.770. The number of amides is 1. The summed E-state index contributed by atoms with van der Waals surface area (Å²) >= 11 is 0. The van der Waals surface area contributed by atoms with Crippen LogP contribution in [0.1, 0.15) is 40.0 Å². The fourth-order valence-electron chi connectivity index (χ4n) is 2.88. The van der Waals surface area contributed by atoms with Gasteiger partial charge in [-0.25, -0.2) is 4.79 Å². The fraction of sp³-hybridized carbons (Fsp3) is 0.917. The van der Waals surface area contributed by atoms with Crippen molar-refractivity contribution in [3.63, 3.8) is 0 Å². The average Bonchev–Trinajstić information content (AvgIpc) is 2.66. The number of hydrogen-bond acceptors (Lipinski definition) is 3. The predicted molar refractivity (Wildman–Crippen MR) is 62.0 cm³/mol. The van der Waals surface area contributed by atoms with Crippen molar-refractivity contribution in [1.29, 1.82) is 0 Å². The van der Waals surface area contributed by atoms with Crippen molar-refractivity contribution in [1.82, 2.24) is 4.90 Å². The van der Waals surface area contributed by atoms with E-state index in [1.807, 2.05) is 25.7 Å². The van der Waals surface area contributed by atoms with Gasteiger partial charge in [0.05, 0.1) is 0 Å². The third kappa shape index (κ3) is 2.17. The number of rotatable bonds is 0. The van der Waals surface area contributed by atoms with Crippen LogP contribution in [0.4, 0.5) is 4.79 Å². The van der Waals surface area contributed by atoms with Crippen molar-refractivity contribution in [2.24, 2.45) is 11.7 Å². The van der Waals surface area contributed by atoms with Gasteiger partial charge in [0.2, 0.25) is 0 Å². The minimum Gasteiger partial charge on any atom is -0.444 e. The summed E-state index contributed by atoms with van der Waals surface area (Å²) in [6.45, 7) is 6.34. The second-order valence-corrected chi connectivity index (χ2v) is 5.96. The van der Waals surface area contributed by atoms with Gasteiger partial charge in [-0.3, -0.25) is 0 Å². The molecule has 1 aliphatic carbocycles. The Morgan fingerprint density at radius 3 is 2.69 bits per heavy atom. The van der Waals surface area contributed by atoms with Crippen molar-refractivity contribution < 1.29 is 9.53 Å². The third-order valence-electron chi connectivity index (χ3n) is 3.52. The minimum absolute atomic E-state index is 0.139. The largest absolute Gasteiger partial charge is 0.444 e. The predicted octanol–water partition coefficient (Wildman–Crippen LogP) is 1.73. The second-order valence-electron chi connectivity index (χ2n) is 5.96. The highest BCUT2D eigenvalue weighted by Gasteiger charge is 2.45. The summed E-state index contributed by atoms with van der Waals surface area (Å²) in [6.07, 6.45) is 3.22. The lowest BCUT2D eigenvalue weighted by molar-refractivity contribution is 0.0217. The highest BCUT2D eigenvalue weighted by atomic mass is 16.6. The van der Waals surface area contributed by atoms with E-state index in [2.05, 4.69) is 0 Å². The van der Waals surface area contributed by atoms with Crippen LogP contribution < -0.4 is 5.73 Å². The molecule has 1 amide bonds. The Kier molecular flexibility index (Phi) is 2.86. The summed E-state index contributed by atoms with van der Waals surface area (Å²) in [4.78, 5) is 13.8. The van der Waals surface area contributed by atoms with E-state index in [1.165, 1.54) is 6.42 Å². The van der Waals surface area contributed by atoms with Crippen LogP contribution >= 0.6 is 0 Å². The van der Waals surface area contributed by atoms with E-state index < -0.39 is 5.60 Å². The molecule has 0 aromatic heterocycles. The lowest BCUT2D eigenvalue weighted by Crippen LogP contribution is -2.40. The molecule has 2 aliphatic rings. The van der Waals surface area contributed by atoms with Gasteiger partial charge in [-0.15, -0.1) is 0 Å².